The van der Waals surface area contributed by atoms with Gasteiger partial charge >= 0.3 is 0 Å². The number of aromatic hydroxyl groups is 1. The minimum absolute atomic E-state index is 0. The van der Waals surface area contributed by atoms with Gasteiger partial charge in [-0.1, -0.05) is 0 Å². The van der Waals surface area contributed by atoms with E-state index in [1.807, 2.05) is 20.9 Å². The Bertz CT molecular complexity index is 476. The predicted octanol–water partition coefficient (Wildman–Crippen LogP) is 2.26. The summed E-state index contributed by atoms with van der Waals surface area (Å²) in [4.78, 5) is 0. The first-order valence-corrected chi connectivity index (χ1v) is 5.80. The van der Waals surface area contributed by atoms with Gasteiger partial charge in [0.1, 0.15) is 11.4 Å². The maximum Gasteiger partial charge on any atom is 0.203 e. The zero-order valence-corrected chi connectivity index (χ0v) is 12.6. The lowest BCUT2D eigenvalue weighted by molar-refractivity contribution is 0.0994. The number of benzene rings is 1. The number of rotatable bonds is 3. The van der Waals surface area contributed by atoms with E-state index in [1.165, 1.54) is 14.2 Å². The molecule has 0 aromatic heterocycles. The van der Waals surface area contributed by atoms with Crippen molar-refractivity contribution < 1.29 is 19.3 Å². The summed E-state index contributed by atoms with van der Waals surface area (Å²) in [7, 11) is 4.86. The highest BCUT2D eigenvalue weighted by Crippen LogP contribution is 2.53. The van der Waals surface area contributed by atoms with E-state index in [-0.39, 0.29) is 24.2 Å². The monoisotopic (exact) mass is 289 g/mol. The molecule has 19 heavy (non-hydrogen) atoms. The molecule has 1 heterocycles. The Hall–Kier alpha value is -1.33. The molecule has 6 heteroatoms. The Morgan fingerprint density at radius 2 is 1.95 bits per heavy atom. The Balaban J connectivity index is 0.00000180. The highest BCUT2D eigenvalue weighted by atomic mass is 35.5. The third kappa shape index (κ3) is 2.28. The number of fused-ring (bicyclic) bond motifs is 1. The molecule has 0 saturated carbocycles. The number of ether oxygens (including phenoxy) is 3. The number of halogens is 1. The highest BCUT2D eigenvalue weighted by molar-refractivity contribution is 5.85. The smallest absolute Gasteiger partial charge is 0.203 e. The topological polar surface area (TPSA) is 60.0 Å². The molecule has 108 valence electrons. The van der Waals surface area contributed by atoms with E-state index in [9.17, 15) is 5.11 Å². The van der Waals surface area contributed by atoms with Crippen molar-refractivity contribution in [3.05, 3.63) is 11.6 Å². The van der Waals surface area contributed by atoms with E-state index in [0.29, 0.717) is 22.8 Å². The van der Waals surface area contributed by atoms with Crippen molar-refractivity contribution in [3.63, 3.8) is 0 Å². The van der Waals surface area contributed by atoms with Crippen LogP contribution in [-0.4, -0.2) is 32.0 Å². The fourth-order valence-corrected chi connectivity index (χ4v) is 2.51. The molecular formula is C13H20ClNO4. The number of hydrogen-bond acceptors (Lipinski definition) is 5. The lowest BCUT2D eigenvalue weighted by Crippen LogP contribution is -2.37. The molecule has 5 nitrogen and oxygen atoms in total. The van der Waals surface area contributed by atoms with E-state index < -0.39 is 5.60 Å². The van der Waals surface area contributed by atoms with Crippen LogP contribution in [0.1, 0.15) is 25.5 Å². The molecule has 1 unspecified atom stereocenters. The first kappa shape index (κ1) is 15.7. The molecule has 1 aromatic carbocycles. The van der Waals surface area contributed by atoms with Gasteiger partial charge in [0.05, 0.1) is 25.8 Å². The molecule has 0 fully saturated rings. The van der Waals surface area contributed by atoms with Crippen LogP contribution in [0.25, 0.3) is 0 Å². The molecule has 1 atom stereocenters. The molecule has 2 N–H and O–H groups in total. The van der Waals surface area contributed by atoms with E-state index >= 15 is 0 Å². The van der Waals surface area contributed by atoms with E-state index in [1.54, 1.807) is 6.07 Å². The minimum Gasteiger partial charge on any atom is -0.504 e. The summed E-state index contributed by atoms with van der Waals surface area (Å²) < 4.78 is 16.3. The van der Waals surface area contributed by atoms with Crippen LogP contribution in [0, 0.1) is 0 Å². The van der Waals surface area contributed by atoms with Gasteiger partial charge in [-0.05, 0) is 20.9 Å². The maximum absolute atomic E-state index is 10.3. The molecule has 0 spiro atoms. The lowest BCUT2D eigenvalue weighted by atomic mass is 9.93. The van der Waals surface area contributed by atoms with Crippen molar-refractivity contribution in [3.8, 4) is 23.0 Å². The lowest BCUT2D eigenvalue weighted by Gasteiger charge is -2.25. The normalized spacial score (nSPS) is 19.1. The van der Waals surface area contributed by atoms with Gasteiger partial charge in [0, 0.05) is 6.07 Å². The number of nitrogens with one attached hydrogen (secondary N) is 1. The maximum atomic E-state index is 10.3. The third-order valence-electron chi connectivity index (χ3n) is 3.29. The molecule has 1 aromatic rings. The molecule has 1 aliphatic heterocycles. The summed E-state index contributed by atoms with van der Waals surface area (Å²) >= 11 is 0. The Morgan fingerprint density at radius 3 is 2.42 bits per heavy atom. The molecule has 1 aliphatic rings. The first-order chi connectivity index (χ1) is 8.46. The van der Waals surface area contributed by atoms with Gasteiger partial charge in [0.2, 0.25) is 5.75 Å². The Morgan fingerprint density at radius 1 is 1.32 bits per heavy atom. The molecule has 0 saturated heterocycles. The summed E-state index contributed by atoms with van der Waals surface area (Å²) in [6, 6.07) is 1.64. The van der Waals surface area contributed by atoms with Crippen molar-refractivity contribution >= 4 is 12.4 Å². The molecule has 0 bridgehead atoms. The van der Waals surface area contributed by atoms with Crippen LogP contribution in [0.4, 0.5) is 0 Å². The van der Waals surface area contributed by atoms with Gasteiger partial charge in [-0.15, -0.1) is 12.4 Å². The van der Waals surface area contributed by atoms with E-state index in [4.69, 9.17) is 14.2 Å². The quantitative estimate of drug-likeness (QED) is 0.894. The van der Waals surface area contributed by atoms with Crippen LogP contribution in [0.2, 0.25) is 0 Å². The van der Waals surface area contributed by atoms with Crippen molar-refractivity contribution in [2.45, 2.75) is 25.5 Å². The number of likely N-dealkylation sites (N-methyl/N-ethyl adjacent to an activating group) is 1. The van der Waals surface area contributed by atoms with Crippen LogP contribution in [0.5, 0.6) is 23.0 Å². The molecule has 0 amide bonds. The average Bonchev–Trinajstić information content (AvgIpc) is 2.58. The van der Waals surface area contributed by atoms with Gasteiger partial charge in [0.15, 0.2) is 11.5 Å². The number of hydrogen-bond donors (Lipinski definition) is 2. The van der Waals surface area contributed by atoms with E-state index in [2.05, 4.69) is 5.32 Å². The predicted molar refractivity (Wildman–Crippen MR) is 75.0 cm³/mol. The number of phenols is 1. The van der Waals surface area contributed by atoms with Crippen LogP contribution < -0.4 is 19.5 Å². The van der Waals surface area contributed by atoms with Gasteiger partial charge in [-0.2, -0.15) is 0 Å². The van der Waals surface area contributed by atoms with Gasteiger partial charge in [-0.3, -0.25) is 0 Å². The van der Waals surface area contributed by atoms with Crippen molar-refractivity contribution in [2.75, 3.05) is 21.3 Å². The fourth-order valence-electron chi connectivity index (χ4n) is 2.51. The summed E-state index contributed by atoms with van der Waals surface area (Å²) in [5.74, 6) is 1.48. The van der Waals surface area contributed by atoms with Crippen LogP contribution in [-0.2, 0) is 0 Å². The zero-order valence-electron chi connectivity index (χ0n) is 11.7. The van der Waals surface area contributed by atoms with Crippen LogP contribution in [0.15, 0.2) is 6.07 Å². The highest BCUT2D eigenvalue weighted by Gasteiger charge is 2.43. The second-order valence-corrected chi connectivity index (χ2v) is 4.80. The fraction of sp³-hybridized carbons (Fsp3) is 0.538. The molecule has 0 aliphatic carbocycles. The second kappa shape index (κ2) is 5.35. The average molecular weight is 290 g/mol. The SMILES string of the molecule is CNC1c2c(cc(OC)c(OC)c2O)OC1(C)C.Cl. The van der Waals surface area contributed by atoms with Crippen LogP contribution >= 0.6 is 12.4 Å². The Kier molecular flexibility index (Phi) is 4.43. The van der Waals surface area contributed by atoms with Crippen LogP contribution in [0.3, 0.4) is 0 Å². The standard InChI is InChI=1S/C13H19NO4.ClH/c1-13(2)12(14-3)9-7(18-13)6-8(16-4)11(17-5)10(9)15;/h6,12,14-15H,1-5H3;1H. The van der Waals surface area contributed by atoms with Crippen molar-refractivity contribution in [2.24, 2.45) is 0 Å². The van der Waals surface area contributed by atoms with Gasteiger partial charge < -0.3 is 24.6 Å². The van der Waals surface area contributed by atoms with E-state index in [0.717, 1.165) is 0 Å². The molecule has 2 rings (SSSR count). The summed E-state index contributed by atoms with van der Waals surface area (Å²) in [6.45, 7) is 3.93. The second-order valence-electron chi connectivity index (χ2n) is 4.80. The van der Waals surface area contributed by atoms with Crippen molar-refractivity contribution in [1.82, 2.24) is 5.32 Å². The summed E-state index contributed by atoms with van der Waals surface area (Å²) in [5.41, 5.74) is 0.270. The zero-order chi connectivity index (χ0) is 13.5. The van der Waals surface area contributed by atoms with Crippen molar-refractivity contribution in [1.29, 1.82) is 0 Å². The number of methoxy groups -OCH3 is 2. The summed E-state index contributed by atoms with van der Waals surface area (Å²) in [6.07, 6.45) is 0. The van der Waals surface area contributed by atoms with Gasteiger partial charge in [0.25, 0.3) is 0 Å². The Labute approximate surface area is 119 Å². The third-order valence-corrected chi connectivity index (χ3v) is 3.29. The number of phenolic OH excluding ortho intramolecular Hbond substituents is 1. The largest absolute Gasteiger partial charge is 0.504 e. The summed E-state index contributed by atoms with van der Waals surface area (Å²) in [5, 5.41) is 13.5. The van der Waals surface area contributed by atoms with Gasteiger partial charge in [-0.25, -0.2) is 0 Å². The molecule has 0 radical (unpaired) electrons. The first-order valence-electron chi connectivity index (χ1n) is 5.80. The molecular weight excluding hydrogens is 270 g/mol. The minimum atomic E-state index is -0.439.